The molecule has 1 aromatic carbocycles. The number of allylic oxidation sites excluding steroid dienone is 2. The Labute approximate surface area is 170 Å². The minimum absolute atomic E-state index is 0.879. The average molecular weight is 372 g/mol. The molecule has 0 saturated carbocycles. The van der Waals surface area contributed by atoms with Gasteiger partial charge in [-0.2, -0.15) is 0 Å². The minimum Gasteiger partial charge on any atom is -0.385 e. The van der Waals surface area contributed by atoms with Crippen LogP contribution in [0.4, 0.5) is 5.69 Å². The molecule has 0 bridgehead atoms. The van der Waals surface area contributed by atoms with Crippen molar-refractivity contribution in [3.63, 3.8) is 0 Å². The highest BCUT2D eigenvalue weighted by molar-refractivity contribution is 5.42. The molecule has 0 aliphatic rings. The molecule has 27 heavy (non-hydrogen) atoms. The lowest BCUT2D eigenvalue weighted by molar-refractivity contribution is 0.516. The maximum Gasteiger partial charge on any atom is 0.0340 e. The van der Waals surface area contributed by atoms with Crippen molar-refractivity contribution in [2.45, 2.75) is 104 Å². The van der Waals surface area contributed by atoms with E-state index in [0.29, 0.717) is 0 Å². The summed E-state index contributed by atoms with van der Waals surface area (Å²) in [6, 6.07) is 10.5. The molecule has 0 atom stereocenters. The maximum absolute atomic E-state index is 3.49. The second kappa shape index (κ2) is 18.1. The molecule has 0 aliphatic carbocycles. The van der Waals surface area contributed by atoms with Gasteiger partial charge in [-0.05, 0) is 50.2 Å². The van der Waals surface area contributed by atoms with E-state index in [1.807, 2.05) is 0 Å². The van der Waals surface area contributed by atoms with Gasteiger partial charge in [-0.1, -0.05) is 102 Å². The van der Waals surface area contributed by atoms with Crippen LogP contribution >= 0.6 is 0 Å². The minimum atomic E-state index is 0.879. The summed E-state index contributed by atoms with van der Waals surface area (Å²) in [5.41, 5.74) is 1.25. The zero-order valence-corrected chi connectivity index (χ0v) is 18.2. The molecule has 0 saturated heterocycles. The van der Waals surface area contributed by atoms with Crippen LogP contribution in [0.2, 0.25) is 0 Å². The molecule has 0 aliphatic heterocycles. The van der Waals surface area contributed by atoms with Crippen LogP contribution < -0.4 is 5.32 Å². The van der Waals surface area contributed by atoms with Gasteiger partial charge in [-0.3, -0.25) is 0 Å². The molecular formula is C26H45N. The number of para-hydroxylation sites is 1. The quantitative estimate of drug-likeness (QED) is 0.201. The molecule has 1 rings (SSSR count). The summed E-state index contributed by atoms with van der Waals surface area (Å²) in [5.74, 6) is 0.879. The van der Waals surface area contributed by atoms with Gasteiger partial charge in [-0.25, -0.2) is 0 Å². The topological polar surface area (TPSA) is 12.0 Å². The van der Waals surface area contributed by atoms with E-state index in [1.54, 1.807) is 0 Å². The third kappa shape index (κ3) is 16.6. The van der Waals surface area contributed by atoms with Crippen LogP contribution in [0.5, 0.6) is 0 Å². The Morgan fingerprint density at radius 3 is 1.78 bits per heavy atom. The fourth-order valence-electron chi connectivity index (χ4n) is 3.46. The molecule has 0 aromatic heterocycles. The predicted molar refractivity (Wildman–Crippen MR) is 124 cm³/mol. The Kier molecular flexibility index (Phi) is 16.0. The number of benzene rings is 1. The molecule has 1 N–H and O–H groups in total. The Hall–Kier alpha value is -1.24. The molecule has 1 heteroatoms. The summed E-state index contributed by atoms with van der Waals surface area (Å²) in [6.07, 6.45) is 24.1. The van der Waals surface area contributed by atoms with Gasteiger partial charge in [0.05, 0.1) is 0 Å². The molecule has 154 valence electrons. The number of rotatable bonds is 18. The van der Waals surface area contributed by atoms with E-state index in [-0.39, 0.29) is 0 Å². The van der Waals surface area contributed by atoms with Crippen molar-refractivity contribution < 1.29 is 0 Å². The number of anilines is 1. The van der Waals surface area contributed by atoms with Gasteiger partial charge in [0.1, 0.15) is 0 Å². The van der Waals surface area contributed by atoms with E-state index in [1.165, 1.54) is 95.6 Å². The Bertz CT molecular complexity index is 435. The SMILES string of the molecule is CC(C)CCCCCCCC=CCCCCCCCCNc1ccccc1. The summed E-state index contributed by atoms with van der Waals surface area (Å²) in [5, 5.41) is 3.49. The van der Waals surface area contributed by atoms with Gasteiger partial charge in [0.25, 0.3) is 0 Å². The second-order valence-corrected chi connectivity index (χ2v) is 8.41. The Morgan fingerprint density at radius 2 is 1.19 bits per heavy atom. The van der Waals surface area contributed by atoms with Crippen molar-refractivity contribution in [1.82, 2.24) is 0 Å². The summed E-state index contributed by atoms with van der Waals surface area (Å²) < 4.78 is 0. The van der Waals surface area contributed by atoms with Crippen LogP contribution in [0, 0.1) is 5.92 Å². The molecular weight excluding hydrogens is 326 g/mol. The first-order valence-electron chi connectivity index (χ1n) is 11.7. The highest BCUT2D eigenvalue weighted by atomic mass is 14.9. The molecule has 0 heterocycles. The second-order valence-electron chi connectivity index (χ2n) is 8.41. The van der Waals surface area contributed by atoms with Gasteiger partial charge in [0, 0.05) is 12.2 Å². The molecule has 0 amide bonds. The third-order valence-electron chi connectivity index (χ3n) is 5.22. The number of hydrogen-bond donors (Lipinski definition) is 1. The standard InChI is InChI=1S/C26H45N/c1-25(2)21-17-14-12-10-8-6-4-3-5-7-9-11-13-15-20-24-27-26-22-18-16-19-23-26/h3-4,16,18-19,22-23,25,27H,5-15,17,20-21,24H2,1-2H3. The van der Waals surface area contributed by atoms with Gasteiger partial charge < -0.3 is 5.32 Å². The fraction of sp³-hybridized carbons (Fsp3) is 0.692. The largest absolute Gasteiger partial charge is 0.385 e. The first-order chi connectivity index (χ1) is 13.3. The van der Waals surface area contributed by atoms with Gasteiger partial charge in [0.15, 0.2) is 0 Å². The lowest BCUT2D eigenvalue weighted by Gasteiger charge is -2.05. The van der Waals surface area contributed by atoms with Crippen LogP contribution in [0.15, 0.2) is 42.5 Å². The number of unbranched alkanes of at least 4 members (excludes halogenated alkanes) is 11. The highest BCUT2D eigenvalue weighted by Gasteiger charge is 1.94. The number of hydrogen-bond acceptors (Lipinski definition) is 1. The van der Waals surface area contributed by atoms with E-state index in [4.69, 9.17) is 0 Å². The summed E-state index contributed by atoms with van der Waals surface area (Å²) in [4.78, 5) is 0. The van der Waals surface area contributed by atoms with E-state index < -0.39 is 0 Å². The van der Waals surface area contributed by atoms with Crippen molar-refractivity contribution in [3.8, 4) is 0 Å². The van der Waals surface area contributed by atoms with Crippen LogP contribution in [-0.4, -0.2) is 6.54 Å². The molecule has 0 unspecified atom stereocenters. The number of nitrogens with one attached hydrogen (secondary N) is 1. The normalized spacial score (nSPS) is 11.5. The van der Waals surface area contributed by atoms with E-state index in [2.05, 4.69) is 61.6 Å². The van der Waals surface area contributed by atoms with Crippen LogP contribution in [0.25, 0.3) is 0 Å². The van der Waals surface area contributed by atoms with Gasteiger partial charge in [-0.15, -0.1) is 0 Å². The average Bonchev–Trinajstić information content (AvgIpc) is 2.67. The predicted octanol–water partition coefficient (Wildman–Crippen LogP) is 8.77. The highest BCUT2D eigenvalue weighted by Crippen LogP contribution is 2.12. The summed E-state index contributed by atoms with van der Waals surface area (Å²) in [7, 11) is 0. The first-order valence-corrected chi connectivity index (χ1v) is 11.7. The van der Waals surface area contributed by atoms with Crippen molar-refractivity contribution in [2.24, 2.45) is 5.92 Å². The molecule has 0 radical (unpaired) electrons. The molecule has 0 fully saturated rings. The van der Waals surface area contributed by atoms with Crippen molar-refractivity contribution in [2.75, 3.05) is 11.9 Å². The first kappa shape index (κ1) is 23.8. The smallest absolute Gasteiger partial charge is 0.0340 e. The van der Waals surface area contributed by atoms with Crippen molar-refractivity contribution in [1.29, 1.82) is 0 Å². The summed E-state index contributed by atoms with van der Waals surface area (Å²) in [6.45, 7) is 5.76. The van der Waals surface area contributed by atoms with Crippen LogP contribution in [0.1, 0.15) is 104 Å². The van der Waals surface area contributed by atoms with Crippen molar-refractivity contribution in [3.05, 3.63) is 42.5 Å². The van der Waals surface area contributed by atoms with E-state index in [9.17, 15) is 0 Å². The van der Waals surface area contributed by atoms with Crippen LogP contribution in [-0.2, 0) is 0 Å². The zero-order chi connectivity index (χ0) is 19.4. The summed E-state index contributed by atoms with van der Waals surface area (Å²) >= 11 is 0. The van der Waals surface area contributed by atoms with Crippen molar-refractivity contribution >= 4 is 5.69 Å². The third-order valence-corrected chi connectivity index (χ3v) is 5.22. The zero-order valence-electron chi connectivity index (χ0n) is 18.2. The van der Waals surface area contributed by atoms with Gasteiger partial charge >= 0.3 is 0 Å². The Morgan fingerprint density at radius 1 is 0.667 bits per heavy atom. The van der Waals surface area contributed by atoms with E-state index in [0.717, 1.165) is 12.5 Å². The molecule has 0 spiro atoms. The van der Waals surface area contributed by atoms with Gasteiger partial charge in [0.2, 0.25) is 0 Å². The maximum atomic E-state index is 3.49. The monoisotopic (exact) mass is 371 g/mol. The lowest BCUT2D eigenvalue weighted by atomic mass is 10.0. The van der Waals surface area contributed by atoms with Crippen LogP contribution in [0.3, 0.4) is 0 Å². The lowest BCUT2D eigenvalue weighted by Crippen LogP contribution is -2.00. The van der Waals surface area contributed by atoms with E-state index >= 15 is 0 Å². The molecule has 1 aromatic rings. The Balaban J connectivity index is 1.74. The fourth-order valence-corrected chi connectivity index (χ4v) is 3.46. The molecule has 1 nitrogen and oxygen atoms in total.